The van der Waals surface area contributed by atoms with Crippen LogP contribution in [0.3, 0.4) is 0 Å². The lowest BCUT2D eigenvalue weighted by Gasteiger charge is -2.17. The van der Waals surface area contributed by atoms with E-state index >= 15 is 0 Å². The number of anilines is 1. The van der Waals surface area contributed by atoms with E-state index in [0.29, 0.717) is 5.92 Å². The highest BCUT2D eigenvalue weighted by Crippen LogP contribution is 2.40. The highest BCUT2D eigenvalue weighted by atomic mass is 15.3. The molecule has 2 aromatic rings. The molecule has 1 saturated carbocycles. The van der Waals surface area contributed by atoms with Crippen LogP contribution in [0.1, 0.15) is 30.9 Å². The standard InChI is InChI=1S/C13H17N5/c14-10-3-5-17(8-10)13-12-7-11(9-1-2-9)16-18(12)6-4-15-13/h4,6-7,9-10H,1-3,5,8,14H2/t10-/m1/s1. The Bertz CT molecular complexity index is 586. The molecule has 2 aromatic heterocycles. The van der Waals surface area contributed by atoms with Gasteiger partial charge >= 0.3 is 0 Å². The molecule has 1 aliphatic carbocycles. The first-order chi connectivity index (χ1) is 8.81. The number of aromatic nitrogens is 3. The Kier molecular flexibility index (Phi) is 2.11. The third kappa shape index (κ3) is 1.58. The largest absolute Gasteiger partial charge is 0.353 e. The van der Waals surface area contributed by atoms with Gasteiger partial charge in [0.2, 0.25) is 0 Å². The molecular weight excluding hydrogens is 226 g/mol. The highest BCUT2D eigenvalue weighted by Gasteiger charge is 2.28. The first-order valence-corrected chi connectivity index (χ1v) is 6.66. The van der Waals surface area contributed by atoms with E-state index in [9.17, 15) is 0 Å². The quantitative estimate of drug-likeness (QED) is 0.859. The summed E-state index contributed by atoms with van der Waals surface area (Å²) < 4.78 is 1.96. The second-order valence-electron chi connectivity index (χ2n) is 5.42. The minimum Gasteiger partial charge on any atom is -0.353 e. The predicted molar refractivity (Wildman–Crippen MR) is 69.8 cm³/mol. The lowest BCUT2D eigenvalue weighted by Crippen LogP contribution is -2.27. The lowest BCUT2D eigenvalue weighted by atomic mass is 10.3. The highest BCUT2D eigenvalue weighted by molar-refractivity contribution is 5.69. The van der Waals surface area contributed by atoms with Gasteiger partial charge in [-0.2, -0.15) is 5.10 Å². The lowest BCUT2D eigenvalue weighted by molar-refractivity contribution is 0.751. The summed E-state index contributed by atoms with van der Waals surface area (Å²) >= 11 is 0. The summed E-state index contributed by atoms with van der Waals surface area (Å²) in [5, 5.41) is 4.64. The number of rotatable bonds is 2. The molecule has 2 N–H and O–H groups in total. The van der Waals surface area contributed by atoms with Gasteiger partial charge in [0.25, 0.3) is 0 Å². The van der Waals surface area contributed by atoms with Crippen LogP contribution in [0, 0.1) is 0 Å². The first kappa shape index (κ1) is 10.3. The molecule has 0 radical (unpaired) electrons. The SMILES string of the molecule is N[C@@H]1CCN(c2nccn3nc(C4CC4)cc23)C1. The Balaban J connectivity index is 1.79. The van der Waals surface area contributed by atoms with Crippen molar-refractivity contribution in [2.24, 2.45) is 5.73 Å². The number of fused-ring (bicyclic) bond motifs is 1. The van der Waals surface area contributed by atoms with Crippen LogP contribution in [0.25, 0.3) is 5.52 Å². The Morgan fingerprint density at radius 1 is 1.28 bits per heavy atom. The van der Waals surface area contributed by atoms with Gasteiger partial charge in [-0.25, -0.2) is 9.50 Å². The predicted octanol–water partition coefficient (Wildman–Crippen LogP) is 1.14. The van der Waals surface area contributed by atoms with Gasteiger partial charge in [0.1, 0.15) is 5.52 Å². The zero-order chi connectivity index (χ0) is 12.1. The van der Waals surface area contributed by atoms with E-state index in [1.165, 1.54) is 18.5 Å². The third-order valence-electron chi connectivity index (χ3n) is 3.91. The molecule has 2 aliphatic rings. The van der Waals surface area contributed by atoms with E-state index in [0.717, 1.165) is 30.8 Å². The van der Waals surface area contributed by atoms with Gasteiger partial charge < -0.3 is 10.6 Å². The van der Waals surface area contributed by atoms with Gasteiger partial charge in [-0.3, -0.25) is 0 Å². The molecule has 5 heteroatoms. The van der Waals surface area contributed by atoms with E-state index in [-0.39, 0.29) is 6.04 Å². The molecule has 0 unspecified atom stereocenters. The topological polar surface area (TPSA) is 59.5 Å². The monoisotopic (exact) mass is 243 g/mol. The summed E-state index contributed by atoms with van der Waals surface area (Å²) in [6.45, 7) is 1.90. The van der Waals surface area contributed by atoms with Gasteiger partial charge in [-0.15, -0.1) is 0 Å². The molecule has 1 atom stereocenters. The number of nitrogens with zero attached hydrogens (tertiary/aromatic N) is 4. The molecule has 4 rings (SSSR count). The van der Waals surface area contributed by atoms with E-state index in [1.807, 2.05) is 16.9 Å². The maximum absolute atomic E-state index is 5.98. The van der Waals surface area contributed by atoms with Crippen molar-refractivity contribution in [1.29, 1.82) is 0 Å². The smallest absolute Gasteiger partial charge is 0.154 e. The molecule has 3 heterocycles. The van der Waals surface area contributed by atoms with Crippen LogP contribution in [-0.4, -0.2) is 33.7 Å². The molecule has 0 aromatic carbocycles. The van der Waals surface area contributed by atoms with Crippen LogP contribution in [-0.2, 0) is 0 Å². The molecule has 2 fully saturated rings. The van der Waals surface area contributed by atoms with Gasteiger partial charge in [0.05, 0.1) is 5.69 Å². The minimum atomic E-state index is 0.276. The molecular formula is C13H17N5. The normalized spacial score (nSPS) is 24.1. The molecule has 0 bridgehead atoms. The Morgan fingerprint density at radius 3 is 2.89 bits per heavy atom. The molecule has 1 aliphatic heterocycles. The molecule has 0 amide bonds. The molecule has 1 saturated heterocycles. The van der Waals surface area contributed by atoms with Crippen LogP contribution in [0.5, 0.6) is 0 Å². The summed E-state index contributed by atoms with van der Waals surface area (Å²) in [4.78, 5) is 6.80. The van der Waals surface area contributed by atoms with Gasteiger partial charge in [-0.1, -0.05) is 0 Å². The van der Waals surface area contributed by atoms with Crippen molar-refractivity contribution < 1.29 is 0 Å². The Morgan fingerprint density at radius 2 is 2.17 bits per heavy atom. The fraction of sp³-hybridized carbons (Fsp3) is 0.538. The van der Waals surface area contributed by atoms with Crippen molar-refractivity contribution in [2.45, 2.75) is 31.2 Å². The van der Waals surface area contributed by atoms with E-state index in [4.69, 9.17) is 5.73 Å². The van der Waals surface area contributed by atoms with Crippen LogP contribution in [0.4, 0.5) is 5.82 Å². The molecule has 18 heavy (non-hydrogen) atoms. The maximum atomic E-state index is 5.98. The summed E-state index contributed by atoms with van der Waals surface area (Å²) in [7, 11) is 0. The summed E-state index contributed by atoms with van der Waals surface area (Å²) in [5.74, 6) is 1.71. The van der Waals surface area contributed by atoms with Crippen molar-refractivity contribution in [2.75, 3.05) is 18.0 Å². The maximum Gasteiger partial charge on any atom is 0.154 e. The van der Waals surface area contributed by atoms with Crippen LogP contribution in [0.15, 0.2) is 18.5 Å². The van der Waals surface area contributed by atoms with Gasteiger partial charge in [-0.05, 0) is 25.3 Å². The summed E-state index contributed by atoms with van der Waals surface area (Å²) in [6.07, 6.45) is 7.37. The van der Waals surface area contributed by atoms with E-state index < -0.39 is 0 Å². The fourth-order valence-electron chi connectivity index (χ4n) is 2.73. The average Bonchev–Trinajstić information content (AvgIpc) is 2.99. The average molecular weight is 243 g/mol. The number of hydrogen-bond donors (Lipinski definition) is 1. The fourth-order valence-corrected chi connectivity index (χ4v) is 2.73. The van der Waals surface area contributed by atoms with Crippen molar-refractivity contribution in [3.05, 3.63) is 24.2 Å². The van der Waals surface area contributed by atoms with E-state index in [1.54, 1.807) is 0 Å². The zero-order valence-electron chi connectivity index (χ0n) is 10.3. The summed E-state index contributed by atoms with van der Waals surface area (Å²) in [5.41, 5.74) is 8.31. The number of nitrogens with two attached hydrogens (primary N) is 1. The second-order valence-corrected chi connectivity index (χ2v) is 5.42. The van der Waals surface area contributed by atoms with Crippen molar-refractivity contribution in [3.8, 4) is 0 Å². The third-order valence-corrected chi connectivity index (χ3v) is 3.91. The molecule has 94 valence electrons. The van der Waals surface area contributed by atoms with E-state index in [2.05, 4.69) is 21.0 Å². The first-order valence-electron chi connectivity index (χ1n) is 6.66. The van der Waals surface area contributed by atoms with Crippen molar-refractivity contribution in [1.82, 2.24) is 14.6 Å². The van der Waals surface area contributed by atoms with Crippen molar-refractivity contribution in [3.63, 3.8) is 0 Å². The van der Waals surface area contributed by atoms with Gasteiger partial charge in [0, 0.05) is 37.4 Å². The van der Waals surface area contributed by atoms with Crippen molar-refractivity contribution >= 4 is 11.3 Å². The molecule has 5 nitrogen and oxygen atoms in total. The number of hydrogen-bond acceptors (Lipinski definition) is 4. The Labute approximate surface area is 106 Å². The van der Waals surface area contributed by atoms with Gasteiger partial charge in [0.15, 0.2) is 5.82 Å². The van der Waals surface area contributed by atoms with Crippen LogP contribution < -0.4 is 10.6 Å². The summed E-state index contributed by atoms with van der Waals surface area (Å²) in [6, 6.07) is 2.47. The second kappa shape index (κ2) is 3.68. The van der Waals surface area contributed by atoms with Crippen LogP contribution in [0.2, 0.25) is 0 Å². The minimum absolute atomic E-state index is 0.276. The zero-order valence-corrected chi connectivity index (χ0v) is 10.3. The van der Waals surface area contributed by atoms with Crippen LogP contribution >= 0.6 is 0 Å². The Hall–Kier alpha value is -1.62. The molecule has 0 spiro atoms.